The van der Waals surface area contributed by atoms with Crippen LogP contribution in [0.2, 0.25) is 0 Å². The number of nitrogens with zero attached hydrogens (tertiary/aromatic N) is 2. The second-order valence-electron chi connectivity index (χ2n) is 4.11. The highest BCUT2D eigenvalue weighted by Gasteiger charge is 2.10. The molecule has 0 fully saturated rings. The molecular formula is C13H14BrFN2O. The van der Waals surface area contributed by atoms with Crippen molar-refractivity contribution in [3.8, 4) is 5.75 Å². The molecule has 2 aromatic rings. The molecule has 0 saturated carbocycles. The van der Waals surface area contributed by atoms with Crippen LogP contribution in [0, 0.1) is 19.7 Å². The van der Waals surface area contributed by atoms with Gasteiger partial charge in [-0.25, -0.2) is 4.39 Å². The van der Waals surface area contributed by atoms with Gasteiger partial charge in [-0.2, -0.15) is 5.10 Å². The summed E-state index contributed by atoms with van der Waals surface area (Å²) in [4.78, 5) is 0. The number of aromatic nitrogens is 2. The summed E-state index contributed by atoms with van der Waals surface area (Å²) in [7, 11) is 1.45. The van der Waals surface area contributed by atoms with Gasteiger partial charge < -0.3 is 4.74 Å². The zero-order chi connectivity index (χ0) is 13.3. The standard InChI is InChI=1S/C13H14BrFN2O/c1-8-13(14)9(2)17(16-8)7-10-4-5-12(18-3)11(15)6-10/h4-6H,7H2,1-3H3. The van der Waals surface area contributed by atoms with Gasteiger partial charge in [0.2, 0.25) is 0 Å². The first kappa shape index (κ1) is 13.1. The minimum Gasteiger partial charge on any atom is -0.494 e. The molecule has 0 amide bonds. The van der Waals surface area contributed by atoms with Gasteiger partial charge in [0.15, 0.2) is 11.6 Å². The minimum absolute atomic E-state index is 0.258. The summed E-state index contributed by atoms with van der Waals surface area (Å²) in [5, 5.41) is 4.39. The number of aryl methyl sites for hydroxylation is 1. The van der Waals surface area contributed by atoms with E-state index in [0.29, 0.717) is 6.54 Å². The molecule has 0 aliphatic rings. The lowest BCUT2D eigenvalue weighted by molar-refractivity contribution is 0.386. The van der Waals surface area contributed by atoms with E-state index in [9.17, 15) is 4.39 Å². The maximum Gasteiger partial charge on any atom is 0.165 e. The van der Waals surface area contributed by atoms with Gasteiger partial charge in [-0.15, -0.1) is 0 Å². The topological polar surface area (TPSA) is 27.1 Å². The Morgan fingerprint density at radius 1 is 1.39 bits per heavy atom. The van der Waals surface area contributed by atoms with Crippen LogP contribution in [-0.2, 0) is 6.54 Å². The molecule has 0 atom stereocenters. The van der Waals surface area contributed by atoms with Crippen molar-refractivity contribution in [3.63, 3.8) is 0 Å². The fourth-order valence-corrected chi connectivity index (χ4v) is 2.09. The molecule has 18 heavy (non-hydrogen) atoms. The fraction of sp³-hybridized carbons (Fsp3) is 0.308. The first-order valence-corrected chi connectivity index (χ1v) is 6.34. The zero-order valence-electron chi connectivity index (χ0n) is 10.5. The summed E-state index contributed by atoms with van der Waals surface area (Å²) in [5.41, 5.74) is 2.82. The molecule has 2 rings (SSSR count). The molecule has 0 radical (unpaired) electrons. The van der Waals surface area contributed by atoms with Crippen molar-refractivity contribution in [2.45, 2.75) is 20.4 Å². The maximum atomic E-state index is 13.6. The Hall–Kier alpha value is -1.36. The van der Waals surface area contributed by atoms with Crippen LogP contribution < -0.4 is 4.74 Å². The monoisotopic (exact) mass is 312 g/mol. The summed E-state index contributed by atoms with van der Waals surface area (Å²) in [6, 6.07) is 4.95. The van der Waals surface area contributed by atoms with Gasteiger partial charge in [-0.1, -0.05) is 6.07 Å². The van der Waals surface area contributed by atoms with Crippen molar-refractivity contribution >= 4 is 15.9 Å². The smallest absolute Gasteiger partial charge is 0.165 e. The summed E-state index contributed by atoms with van der Waals surface area (Å²) >= 11 is 3.47. The highest BCUT2D eigenvalue weighted by atomic mass is 79.9. The molecule has 1 aromatic carbocycles. The third-order valence-electron chi connectivity index (χ3n) is 2.84. The van der Waals surface area contributed by atoms with Gasteiger partial charge in [-0.3, -0.25) is 4.68 Å². The van der Waals surface area contributed by atoms with Crippen LogP contribution in [0.25, 0.3) is 0 Å². The second kappa shape index (κ2) is 5.10. The number of rotatable bonds is 3. The van der Waals surface area contributed by atoms with Crippen LogP contribution in [-0.4, -0.2) is 16.9 Å². The van der Waals surface area contributed by atoms with E-state index in [1.807, 2.05) is 24.6 Å². The summed E-state index contributed by atoms with van der Waals surface area (Å²) in [5.74, 6) is -0.0936. The molecule has 1 heterocycles. The second-order valence-corrected chi connectivity index (χ2v) is 4.90. The molecule has 0 N–H and O–H groups in total. The van der Waals surface area contributed by atoms with Gasteiger partial charge in [-0.05, 0) is 47.5 Å². The quantitative estimate of drug-likeness (QED) is 0.868. The Balaban J connectivity index is 2.28. The lowest BCUT2D eigenvalue weighted by Crippen LogP contribution is -2.04. The number of halogens is 2. The summed E-state index contributed by atoms with van der Waals surface area (Å²) in [6.07, 6.45) is 0. The van der Waals surface area contributed by atoms with E-state index < -0.39 is 0 Å². The molecule has 0 saturated heterocycles. The number of benzene rings is 1. The predicted octanol–water partition coefficient (Wildman–Crippen LogP) is 3.46. The van der Waals surface area contributed by atoms with Crippen molar-refractivity contribution in [2.24, 2.45) is 0 Å². The van der Waals surface area contributed by atoms with Crippen LogP contribution in [0.5, 0.6) is 5.75 Å². The Morgan fingerprint density at radius 3 is 2.61 bits per heavy atom. The van der Waals surface area contributed by atoms with Crippen LogP contribution >= 0.6 is 15.9 Å². The minimum atomic E-state index is -0.351. The van der Waals surface area contributed by atoms with Crippen LogP contribution in [0.4, 0.5) is 4.39 Å². The Morgan fingerprint density at radius 2 is 2.11 bits per heavy atom. The third kappa shape index (κ3) is 2.41. The highest BCUT2D eigenvalue weighted by molar-refractivity contribution is 9.10. The SMILES string of the molecule is COc1ccc(Cn2nc(C)c(Br)c2C)cc1F. The third-order valence-corrected chi connectivity index (χ3v) is 3.99. The molecular weight excluding hydrogens is 299 g/mol. The molecule has 0 unspecified atom stereocenters. The van der Waals surface area contributed by atoms with Crippen LogP contribution in [0.1, 0.15) is 17.0 Å². The number of ether oxygens (including phenoxy) is 1. The Kier molecular flexibility index (Phi) is 3.71. The van der Waals surface area contributed by atoms with Crippen LogP contribution in [0.15, 0.2) is 22.7 Å². The number of methoxy groups -OCH3 is 1. The van der Waals surface area contributed by atoms with E-state index >= 15 is 0 Å². The van der Waals surface area contributed by atoms with Gasteiger partial charge in [0.05, 0.1) is 29.5 Å². The van der Waals surface area contributed by atoms with Crippen LogP contribution in [0.3, 0.4) is 0 Å². The van der Waals surface area contributed by atoms with Crippen molar-refractivity contribution in [1.29, 1.82) is 0 Å². The van der Waals surface area contributed by atoms with Gasteiger partial charge in [0.1, 0.15) is 0 Å². The maximum absolute atomic E-state index is 13.6. The fourth-order valence-electron chi connectivity index (χ4n) is 1.81. The van der Waals surface area contributed by atoms with Gasteiger partial charge in [0.25, 0.3) is 0 Å². The van der Waals surface area contributed by atoms with Gasteiger partial charge >= 0.3 is 0 Å². The molecule has 0 aliphatic carbocycles. The molecule has 0 aliphatic heterocycles. The van der Waals surface area contributed by atoms with E-state index in [4.69, 9.17) is 4.74 Å². The Bertz CT molecular complexity index is 581. The number of hydrogen-bond acceptors (Lipinski definition) is 2. The number of hydrogen-bond donors (Lipinski definition) is 0. The predicted molar refractivity (Wildman–Crippen MR) is 71.5 cm³/mol. The largest absolute Gasteiger partial charge is 0.494 e. The van der Waals surface area contributed by atoms with Crippen molar-refractivity contribution in [3.05, 3.63) is 45.4 Å². The van der Waals surface area contributed by atoms with E-state index in [2.05, 4.69) is 21.0 Å². The van der Waals surface area contributed by atoms with Crippen molar-refractivity contribution in [1.82, 2.24) is 9.78 Å². The van der Waals surface area contributed by atoms with Crippen molar-refractivity contribution in [2.75, 3.05) is 7.11 Å². The molecule has 0 bridgehead atoms. The van der Waals surface area contributed by atoms with E-state index in [1.165, 1.54) is 13.2 Å². The molecule has 3 nitrogen and oxygen atoms in total. The first-order valence-electron chi connectivity index (χ1n) is 5.55. The van der Waals surface area contributed by atoms with E-state index in [-0.39, 0.29) is 11.6 Å². The average molecular weight is 313 g/mol. The molecule has 5 heteroatoms. The van der Waals surface area contributed by atoms with E-state index in [0.717, 1.165) is 21.4 Å². The summed E-state index contributed by atoms with van der Waals surface area (Å²) < 4.78 is 21.3. The van der Waals surface area contributed by atoms with Gasteiger partial charge in [0, 0.05) is 0 Å². The van der Waals surface area contributed by atoms with E-state index in [1.54, 1.807) is 6.07 Å². The zero-order valence-corrected chi connectivity index (χ0v) is 12.1. The summed E-state index contributed by atoms with van der Waals surface area (Å²) in [6.45, 7) is 4.45. The lowest BCUT2D eigenvalue weighted by atomic mass is 10.2. The normalized spacial score (nSPS) is 10.7. The first-order chi connectivity index (χ1) is 8.52. The van der Waals surface area contributed by atoms with Crippen molar-refractivity contribution < 1.29 is 9.13 Å². The molecule has 96 valence electrons. The lowest BCUT2D eigenvalue weighted by Gasteiger charge is -2.07. The highest BCUT2D eigenvalue weighted by Crippen LogP contribution is 2.22. The molecule has 0 spiro atoms. The molecule has 1 aromatic heterocycles. The Labute approximate surface area is 114 Å². The average Bonchev–Trinajstić information content (AvgIpc) is 2.57.